The van der Waals surface area contributed by atoms with Crippen molar-refractivity contribution in [2.24, 2.45) is 5.92 Å². The van der Waals surface area contributed by atoms with Crippen molar-refractivity contribution in [1.82, 2.24) is 20.4 Å². The molecule has 1 aromatic carbocycles. The van der Waals surface area contributed by atoms with E-state index < -0.39 is 0 Å². The third kappa shape index (κ3) is 3.67. The molecule has 2 aromatic rings. The van der Waals surface area contributed by atoms with Crippen molar-refractivity contribution >= 4 is 12.4 Å². The summed E-state index contributed by atoms with van der Waals surface area (Å²) in [6, 6.07) is 10.3. The Kier molecular flexibility index (Phi) is 5.97. The molecule has 120 valence electrons. The summed E-state index contributed by atoms with van der Waals surface area (Å²) in [5.41, 5.74) is 3.45. The number of para-hydroxylation sites is 1. The highest BCUT2D eigenvalue weighted by molar-refractivity contribution is 5.85. The number of hydrogen-bond acceptors (Lipinski definition) is 4. The van der Waals surface area contributed by atoms with E-state index in [1.807, 2.05) is 29.1 Å². The van der Waals surface area contributed by atoms with Gasteiger partial charge in [0.2, 0.25) is 0 Å². The van der Waals surface area contributed by atoms with Gasteiger partial charge in [0.25, 0.3) is 0 Å². The van der Waals surface area contributed by atoms with E-state index in [-0.39, 0.29) is 18.5 Å². The second kappa shape index (κ2) is 7.74. The lowest BCUT2D eigenvalue weighted by Gasteiger charge is -2.15. The Balaban J connectivity index is 0.00000176. The van der Waals surface area contributed by atoms with E-state index in [0.29, 0.717) is 12.5 Å². The molecule has 0 aliphatic carbocycles. The fourth-order valence-corrected chi connectivity index (χ4v) is 2.80. The van der Waals surface area contributed by atoms with E-state index >= 15 is 0 Å². The molecule has 5 nitrogen and oxygen atoms in total. The zero-order valence-electron chi connectivity index (χ0n) is 12.7. The molecule has 0 amide bonds. The summed E-state index contributed by atoms with van der Waals surface area (Å²) in [4.78, 5) is 0. The number of nitrogens with one attached hydrogen (secondary N) is 2. The maximum Gasteiger partial charge on any atom is 0.0716 e. The summed E-state index contributed by atoms with van der Waals surface area (Å²) in [5.74, 6) is 0.292. The standard InChI is InChI=1S/C16H22N4O.ClH/c1-12-4-2-3-5-15(12)20-14(6-7-19-20)10-17-8-13-9-18-11-16(13)21;/h2-7,13,16-18,21H,8-11H2,1H3;1H. The minimum Gasteiger partial charge on any atom is -0.391 e. The highest BCUT2D eigenvalue weighted by Crippen LogP contribution is 2.15. The quantitative estimate of drug-likeness (QED) is 0.776. The number of nitrogens with zero attached hydrogens (tertiary/aromatic N) is 2. The normalized spacial score (nSPS) is 20.8. The largest absolute Gasteiger partial charge is 0.391 e. The van der Waals surface area contributed by atoms with Crippen LogP contribution >= 0.6 is 12.4 Å². The number of hydrogen-bond donors (Lipinski definition) is 3. The SMILES string of the molecule is Cc1ccccc1-n1nccc1CNCC1CNCC1O.Cl. The van der Waals surface area contributed by atoms with Gasteiger partial charge in [-0.15, -0.1) is 12.4 Å². The van der Waals surface area contributed by atoms with E-state index in [9.17, 15) is 5.11 Å². The zero-order valence-corrected chi connectivity index (χ0v) is 13.5. The fraction of sp³-hybridized carbons (Fsp3) is 0.438. The topological polar surface area (TPSA) is 62.1 Å². The highest BCUT2D eigenvalue weighted by Gasteiger charge is 2.24. The summed E-state index contributed by atoms with van der Waals surface area (Å²) in [7, 11) is 0. The van der Waals surface area contributed by atoms with Crippen molar-refractivity contribution in [3.05, 3.63) is 47.8 Å². The molecule has 22 heavy (non-hydrogen) atoms. The molecule has 6 heteroatoms. The van der Waals surface area contributed by atoms with Crippen molar-refractivity contribution < 1.29 is 5.11 Å². The predicted octanol–water partition coefficient (Wildman–Crippen LogP) is 1.27. The van der Waals surface area contributed by atoms with Crippen molar-refractivity contribution in [2.75, 3.05) is 19.6 Å². The van der Waals surface area contributed by atoms with Crippen LogP contribution in [0.4, 0.5) is 0 Å². The third-order valence-electron chi connectivity index (χ3n) is 4.08. The van der Waals surface area contributed by atoms with Crippen LogP contribution < -0.4 is 10.6 Å². The maximum atomic E-state index is 9.80. The van der Waals surface area contributed by atoms with Gasteiger partial charge in [0.15, 0.2) is 0 Å². The van der Waals surface area contributed by atoms with Crippen LogP contribution in [0.15, 0.2) is 36.5 Å². The van der Waals surface area contributed by atoms with Crippen LogP contribution in [-0.2, 0) is 6.54 Å². The van der Waals surface area contributed by atoms with Crippen molar-refractivity contribution in [3.63, 3.8) is 0 Å². The minimum atomic E-state index is -0.237. The number of halogens is 1. The summed E-state index contributed by atoms with van der Waals surface area (Å²) < 4.78 is 1.98. The second-order valence-corrected chi connectivity index (χ2v) is 5.64. The molecule has 0 saturated carbocycles. The average Bonchev–Trinajstić information content (AvgIpc) is 3.09. The first-order valence-corrected chi connectivity index (χ1v) is 7.44. The molecule has 3 rings (SSSR count). The Hall–Kier alpha value is -1.40. The number of aliphatic hydroxyl groups excluding tert-OH is 1. The van der Waals surface area contributed by atoms with Crippen LogP contribution in [-0.4, -0.2) is 40.6 Å². The van der Waals surface area contributed by atoms with Crippen LogP contribution in [0.25, 0.3) is 5.69 Å². The predicted molar refractivity (Wildman–Crippen MR) is 89.6 cm³/mol. The molecule has 0 spiro atoms. The molecule has 2 unspecified atom stereocenters. The van der Waals surface area contributed by atoms with Gasteiger partial charge < -0.3 is 15.7 Å². The number of benzene rings is 1. The van der Waals surface area contributed by atoms with Gasteiger partial charge in [0, 0.05) is 38.3 Å². The van der Waals surface area contributed by atoms with Crippen LogP contribution in [0.2, 0.25) is 0 Å². The summed E-state index contributed by atoms with van der Waals surface area (Å²) >= 11 is 0. The lowest BCUT2D eigenvalue weighted by atomic mass is 10.1. The Morgan fingerprint density at radius 1 is 1.32 bits per heavy atom. The molecule has 3 N–H and O–H groups in total. The first kappa shape index (κ1) is 17.0. The van der Waals surface area contributed by atoms with Crippen LogP contribution in [0, 0.1) is 12.8 Å². The molecule has 0 radical (unpaired) electrons. The maximum absolute atomic E-state index is 9.80. The summed E-state index contributed by atoms with van der Waals surface area (Å²) in [6.45, 7) is 5.23. The Bertz CT molecular complexity index is 601. The number of aryl methyl sites for hydroxylation is 1. The Morgan fingerprint density at radius 3 is 2.86 bits per heavy atom. The van der Waals surface area contributed by atoms with Crippen molar-refractivity contribution in [1.29, 1.82) is 0 Å². The average molecular weight is 323 g/mol. The molecule has 2 heterocycles. The van der Waals surface area contributed by atoms with Crippen LogP contribution in [0.1, 0.15) is 11.3 Å². The first-order chi connectivity index (χ1) is 10.3. The first-order valence-electron chi connectivity index (χ1n) is 7.44. The number of β-amino-alcohol motifs (C(OH)–C–C–N with tert-alkyl or cyclic N) is 1. The van der Waals surface area contributed by atoms with Crippen molar-refractivity contribution in [3.8, 4) is 5.69 Å². The van der Waals surface area contributed by atoms with E-state index in [1.54, 1.807) is 0 Å². The molecule has 1 saturated heterocycles. The van der Waals surface area contributed by atoms with Gasteiger partial charge in [-0.2, -0.15) is 5.10 Å². The number of aliphatic hydroxyl groups is 1. The number of rotatable bonds is 5. The van der Waals surface area contributed by atoms with E-state index in [2.05, 4.69) is 34.8 Å². The Morgan fingerprint density at radius 2 is 2.14 bits per heavy atom. The third-order valence-corrected chi connectivity index (χ3v) is 4.08. The number of aromatic nitrogens is 2. The van der Waals surface area contributed by atoms with Gasteiger partial charge >= 0.3 is 0 Å². The zero-order chi connectivity index (χ0) is 14.7. The molecular formula is C16H23ClN4O. The lowest BCUT2D eigenvalue weighted by molar-refractivity contribution is 0.146. The van der Waals surface area contributed by atoms with Gasteiger partial charge in [-0.25, -0.2) is 4.68 Å². The van der Waals surface area contributed by atoms with Gasteiger partial charge in [-0.3, -0.25) is 0 Å². The highest BCUT2D eigenvalue weighted by atomic mass is 35.5. The molecule has 0 bridgehead atoms. The van der Waals surface area contributed by atoms with Crippen molar-refractivity contribution in [2.45, 2.75) is 19.6 Å². The smallest absolute Gasteiger partial charge is 0.0716 e. The van der Waals surface area contributed by atoms with E-state index in [0.717, 1.165) is 31.0 Å². The summed E-state index contributed by atoms with van der Waals surface area (Å²) in [6.07, 6.45) is 1.59. The van der Waals surface area contributed by atoms with Gasteiger partial charge in [0.05, 0.1) is 17.5 Å². The van der Waals surface area contributed by atoms with Gasteiger partial charge in [-0.05, 0) is 24.6 Å². The van der Waals surface area contributed by atoms with E-state index in [4.69, 9.17) is 0 Å². The summed E-state index contributed by atoms with van der Waals surface area (Å²) in [5, 5.41) is 20.9. The van der Waals surface area contributed by atoms with Crippen LogP contribution in [0.5, 0.6) is 0 Å². The molecular weight excluding hydrogens is 300 g/mol. The minimum absolute atomic E-state index is 0. The molecule has 1 aliphatic rings. The van der Waals surface area contributed by atoms with Crippen LogP contribution in [0.3, 0.4) is 0 Å². The fourth-order valence-electron chi connectivity index (χ4n) is 2.80. The lowest BCUT2D eigenvalue weighted by Crippen LogP contribution is -2.30. The Labute approximate surface area is 137 Å². The molecule has 1 aliphatic heterocycles. The molecule has 1 aromatic heterocycles. The van der Waals surface area contributed by atoms with Gasteiger partial charge in [-0.1, -0.05) is 18.2 Å². The van der Waals surface area contributed by atoms with E-state index in [1.165, 1.54) is 5.56 Å². The molecule has 2 atom stereocenters. The second-order valence-electron chi connectivity index (χ2n) is 5.64. The molecule has 1 fully saturated rings. The monoisotopic (exact) mass is 322 g/mol. The van der Waals surface area contributed by atoms with Gasteiger partial charge in [0.1, 0.15) is 0 Å².